The molecular formula is C15H19N3O3. The Morgan fingerprint density at radius 3 is 2.76 bits per heavy atom. The van der Waals surface area contributed by atoms with Crippen molar-refractivity contribution >= 4 is 23.0 Å². The molecular weight excluding hydrogens is 270 g/mol. The number of benzene rings is 1. The third-order valence-corrected chi connectivity index (χ3v) is 3.71. The Morgan fingerprint density at radius 2 is 2.05 bits per heavy atom. The third kappa shape index (κ3) is 3.00. The van der Waals surface area contributed by atoms with Crippen LogP contribution in [-0.4, -0.2) is 55.7 Å². The van der Waals surface area contributed by atoms with Gasteiger partial charge in [0.25, 0.3) is 6.01 Å². The summed E-state index contributed by atoms with van der Waals surface area (Å²) in [5.74, 6) is 0.147. The smallest absolute Gasteiger partial charge is 0.298 e. The van der Waals surface area contributed by atoms with Gasteiger partial charge in [0.2, 0.25) is 5.91 Å². The zero-order chi connectivity index (χ0) is 14.7. The van der Waals surface area contributed by atoms with Crippen LogP contribution < -0.4 is 4.90 Å². The van der Waals surface area contributed by atoms with Gasteiger partial charge in [0.05, 0.1) is 13.0 Å². The van der Waals surface area contributed by atoms with E-state index in [1.54, 1.807) is 7.11 Å². The molecule has 0 unspecified atom stereocenters. The Kier molecular flexibility index (Phi) is 4.06. The van der Waals surface area contributed by atoms with Crippen molar-refractivity contribution in [1.82, 2.24) is 9.88 Å². The molecule has 21 heavy (non-hydrogen) atoms. The number of hydrogen-bond donors (Lipinski definition) is 0. The largest absolute Gasteiger partial charge is 0.423 e. The van der Waals surface area contributed by atoms with E-state index in [2.05, 4.69) is 9.88 Å². The molecule has 3 rings (SSSR count). The molecule has 0 N–H and O–H groups in total. The van der Waals surface area contributed by atoms with Gasteiger partial charge in [-0.2, -0.15) is 4.98 Å². The normalized spacial score (nSPS) is 15.7. The Labute approximate surface area is 123 Å². The number of oxazole rings is 1. The number of carbonyl (C=O) groups is 1. The van der Waals surface area contributed by atoms with E-state index < -0.39 is 0 Å². The summed E-state index contributed by atoms with van der Waals surface area (Å²) in [5.41, 5.74) is 1.66. The zero-order valence-electron chi connectivity index (χ0n) is 12.1. The standard InChI is InChI=1S/C15H19N3O3/c1-20-11-6-14(19)17-7-9-18(10-8-17)15-16-12-4-2-3-5-13(12)21-15/h2-5H,6-11H2,1H3. The Bertz CT molecular complexity index is 584. The molecule has 1 fully saturated rings. The summed E-state index contributed by atoms with van der Waals surface area (Å²) in [6, 6.07) is 8.37. The van der Waals surface area contributed by atoms with E-state index >= 15 is 0 Å². The maximum Gasteiger partial charge on any atom is 0.298 e. The van der Waals surface area contributed by atoms with Crippen LogP contribution in [0.5, 0.6) is 0 Å². The van der Waals surface area contributed by atoms with Crippen molar-refractivity contribution in [3.05, 3.63) is 24.3 Å². The number of methoxy groups -OCH3 is 1. The lowest BCUT2D eigenvalue weighted by molar-refractivity contribution is -0.132. The second-order valence-corrected chi connectivity index (χ2v) is 5.07. The highest BCUT2D eigenvalue weighted by atomic mass is 16.5. The molecule has 0 saturated carbocycles. The lowest BCUT2D eigenvalue weighted by atomic mass is 10.3. The summed E-state index contributed by atoms with van der Waals surface area (Å²) in [6.45, 7) is 3.35. The highest BCUT2D eigenvalue weighted by Gasteiger charge is 2.23. The predicted molar refractivity (Wildman–Crippen MR) is 79.3 cm³/mol. The summed E-state index contributed by atoms with van der Waals surface area (Å²) < 4.78 is 10.7. The monoisotopic (exact) mass is 289 g/mol. The molecule has 1 aliphatic heterocycles. The first-order valence-corrected chi connectivity index (χ1v) is 7.15. The van der Waals surface area contributed by atoms with Crippen LogP contribution >= 0.6 is 0 Å². The van der Waals surface area contributed by atoms with Gasteiger partial charge >= 0.3 is 0 Å². The van der Waals surface area contributed by atoms with Crippen molar-refractivity contribution in [2.24, 2.45) is 0 Å². The third-order valence-electron chi connectivity index (χ3n) is 3.71. The number of hydrogen-bond acceptors (Lipinski definition) is 5. The Balaban J connectivity index is 1.61. The summed E-state index contributed by atoms with van der Waals surface area (Å²) in [7, 11) is 1.61. The molecule has 1 saturated heterocycles. The van der Waals surface area contributed by atoms with E-state index in [9.17, 15) is 4.79 Å². The van der Waals surface area contributed by atoms with Gasteiger partial charge in [0, 0.05) is 33.3 Å². The van der Waals surface area contributed by atoms with E-state index in [-0.39, 0.29) is 5.91 Å². The van der Waals surface area contributed by atoms with Crippen LogP contribution in [0.1, 0.15) is 6.42 Å². The lowest BCUT2D eigenvalue weighted by Crippen LogP contribution is -2.49. The molecule has 1 aromatic heterocycles. The minimum Gasteiger partial charge on any atom is -0.423 e. The van der Waals surface area contributed by atoms with Gasteiger partial charge in [0.15, 0.2) is 5.58 Å². The molecule has 0 radical (unpaired) electrons. The Morgan fingerprint density at radius 1 is 1.29 bits per heavy atom. The molecule has 1 aliphatic rings. The topological polar surface area (TPSA) is 58.8 Å². The first kappa shape index (κ1) is 13.9. The van der Waals surface area contributed by atoms with Crippen molar-refractivity contribution in [2.45, 2.75) is 6.42 Å². The van der Waals surface area contributed by atoms with Crippen molar-refractivity contribution in [3.63, 3.8) is 0 Å². The SMILES string of the molecule is COCCC(=O)N1CCN(c2nc3ccccc3o2)CC1. The molecule has 2 aromatic rings. The van der Waals surface area contributed by atoms with E-state index in [0.717, 1.165) is 24.2 Å². The number of nitrogens with zero attached hydrogens (tertiary/aromatic N) is 3. The van der Waals surface area contributed by atoms with E-state index in [4.69, 9.17) is 9.15 Å². The maximum absolute atomic E-state index is 11.9. The maximum atomic E-state index is 11.9. The molecule has 0 atom stereocenters. The second kappa shape index (κ2) is 6.13. The van der Waals surface area contributed by atoms with Gasteiger partial charge in [-0.05, 0) is 12.1 Å². The molecule has 1 aromatic carbocycles. The van der Waals surface area contributed by atoms with Gasteiger partial charge < -0.3 is 19.0 Å². The minimum absolute atomic E-state index is 0.147. The second-order valence-electron chi connectivity index (χ2n) is 5.07. The van der Waals surface area contributed by atoms with Crippen LogP contribution in [0.25, 0.3) is 11.1 Å². The number of anilines is 1. The molecule has 6 nitrogen and oxygen atoms in total. The van der Waals surface area contributed by atoms with Crippen molar-refractivity contribution < 1.29 is 13.9 Å². The predicted octanol–water partition coefficient (Wildman–Crippen LogP) is 1.51. The number of amides is 1. The average molecular weight is 289 g/mol. The van der Waals surface area contributed by atoms with Crippen LogP contribution in [-0.2, 0) is 9.53 Å². The number of carbonyl (C=O) groups excluding carboxylic acids is 1. The highest BCUT2D eigenvalue weighted by molar-refractivity contribution is 5.77. The molecule has 0 spiro atoms. The Hall–Kier alpha value is -2.08. The van der Waals surface area contributed by atoms with Crippen LogP contribution in [0, 0.1) is 0 Å². The van der Waals surface area contributed by atoms with Crippen LogP contribution in [0.2, 0.25) is 0 Å². The van der Waals surface area contributed by atoms with Gasteiger partial charge in [-0.1, -0.05) is 12.1 Å². The van der Waals surface area contributed by atoms with Crippen molar-refractivity contribution in [1.29, 1.82) is 0 Å². The van der Waals surface area contributed by atoms with E-state index in [1.807, 2.05) is 29.2 Å². The van der Waals surface area contributed by atoms with Crippen molar-refractivity contribution in [3.8, 4) is 0 Å². The average Bonchev–Trinajstić information content (AvgIpc) is 2.96. The number of rotatable bonds is 4. The number of fused-ring (bicyclic) bond motifs is 1. The number of piperazine rings is 1. The fraction of sp³-hybridized carbons (Fsp3) is 0.467. The van der Waals surface area contributed by atoms with E-state index in [0.29, 0.717) is 32.1 Å². The molecule has 0 aliphatic carbocycles. The number of para-hydroxylation sites is 2. The van der Waals surface area contributed by atoms with Gasteiger partial charge in [-0.15, -0.1) is 0 Å². The number of aromatic nitrogens is 1. The first-order chi connectivity index (χ1) is 10.3. The summed E-state index contributed by atoms with van der Waals surface area (Å²) in [5, 5.41) is 0. The molecule has 0 bridgehead atoms. The van der Waals surface area contributed by atoms with E-state index in [1.165, 1.54) is 0 Å². The van der Waals surface area contributed by atoms with Crippen LogP contribution in [0.3, 0.4) is 0 Å². The van der Waals surface area contributed by atoms with Gasteiger partial charge in [0.1, 0.15) is 5.52 Å². The molecule has 1 amide bonds. The lowest BCUT2D eigenvalue weighted by Gasteiger charge is -2.33. The fourth-order valence-electron chi connectivity index (χ4n) is 2.49. The van der Waals surface area contributed by atoms with Crippen LogP contribution in [0.4, 0.5) is 6.01 Å². The quantitative estimate of drug-likeness (QED) is 0.854. The molecule has 6 heteroatoms. The van der Waals surface area contributed by atoms with Gasteiger partial charge in [-0.25, -0.2) is 0 Å². The first-order valence-electron chi connectivity index (χ1n) is 7.15. The number of ether oxygens (including phenoxy) is 1. The fourth-order valence-corrected chi connectivity index (χ4v) is 2.49. The summed E-state index contributed by atoms with van der Waals surface area (Å²) in [6.07, 6.45) is 0.444. The minimum atomic E-state index is 0.147. The van der Waals surface area contributed by atoms with Crippen LogP contribution in [0.15, 0.2) is 28.7 Å². The molecule has 2 heterocycles. The highest BCUT2D eigenvalue weighted by Crippen LogP contribution is 2.22. The zero-order valence-corrected chi connectivity index (χ0v) is 12.1. The molecule has 112 valence electrons. The van der Waals surface area contributed by atoms with Crippen molar-refractivity contribution in [2.75, 3.05) is 44.8 Å². The summed E-state index contributed by atoms with van der Waals surface area (Å²) in [4.78, 5) is 20.4. The summed E-state index contributed by atoms with van der Waals surface area (Å²) >= 11 is 0. The van der Waals surface area contributed by atoms with Gasteiger partial charge in [-0.3, -0.25) is 4.79 Å².